The highest BCUT2D eigenvalue weighted by Gasteiger charge is 2.22. The van der Waals surface area contributed by atoms with E-state index in [9.17, 15) is 9.59 Å². The topological polar surface area (TPSA) is 55.4 Å². The molecular formula is C16H23NO3S. The van der Waals surface area contributed by atoms with E-state index in [4.69, 9.17) is 4.74 Å². The normalized spacial score (nSPS) is 17.1. The highest BCUT2D eigenvalue weighted by Crippen LogP contribution is 2.32. The van der Waals surface area contributed by atoms with Gasteiger partial charge in [-0.25, -0.2) is 0 Å². The first-order chi connectivity index (χ1) is 10.1. The zero-order valence-corrected chi connectivity index (χ0v) is 13.6. The summed E-state index contributed by atoms with van der Waals surface area (Å²) in [6.45, 7) is 4.97. The molecule has 1 amide bonds. The third-order valence-corrected chi connectivity index (χ3v) is 4.85. The number of nitrogens with one attached hydrogen (secondary N) is 1. The van der Waals surface area contributed by atoms with Gasteiger partial charge in [-0.1, -0.05) is 6.92 Å². The first kappa shape index (κ1) is 16.0. The second kappa shape index (κ2) is 7.59. The van der Waals surface area contributed by atoms with Crippen molar-refractivity contribution in [2.75, 3.05) is 13.2 Å². The number of fused-ring (bicyclic) bond motifs is 1. The zero-order valence-electron chi connectivity index (χ0n) is 12.7. The third kappa shape index (κ3) is 4.30. The second-order valence-corrected chi connectivity index (χ2v) is 6.53. The van der Waals surface area contributed by atoms with Crippen LogP contribution in [0.3, 0.4) is 0 Å². The fourth-order valence-electron chi connectivity index (χ4n) is 2.63. The molecule has 0 bridgehead atoms. The highest BCUT2D eigenvalue weighted by molar-refractivity contribution is 7.10. The molecule has 1 aliphatic carbocycles. The molecule has 0 aromatic carbocycles. The number of carbonyl (C=O) groups excluding carboxylic acids is 2. The zero-order chi connectivity index (χ0) is 15.2. The molecular weight excluding hydrogens is 286 g/mol. The minimum Gasteiger partial charge on any atom is -0.466 e. The van der Waals surface area contributed by atoms with E-state index >= 15 is 0 Å². The Hall–Kier alpha value is -1.36. The molecule has 1 atom stereocenters. The summed E-state index contributed by atoms with van der Waals surface area (Å²) in [6, 6.07) is 0. The molecule has 1 aromatic heterocycles. The number of carbonyl (C=O) groups is 2. The van der Waals surface area contributed by atoms with Gasteiger partial charge < -0.3 is 10.1 Å². The van der Waals surface area contributed by atoms with Crippen molar-refractivity contribution in [3.63, 3.8) is 0 Å². The number of thiophene rings is 1. The van der Waals surface area contributed by atoms with Crippen LogP contribution in [0.4, 0.5) is 0 Å². The van der Waals surface area contributed by atoms with Crippen LogP contribution in [0.25, 0.3) is 0 Å². The van der Waals surface area contributed by atoms with E-state index < -0.39 is 0 Å². The second-order valence-electron chi connectivity index (χ2n) is 5.56. The highest BCUT2D eigenvalue weighted by atomic mass is 32.1. The number of amides is 1. The summed E-state index contributed by atoms with van der Waals surface area (Å²) in [4.78, 5) is 24.8. The molecule has 21 heavy (non-hydrogen) atoms. The van der Waals surface area contributed by atoms with Crippen molar-refractivity contribution in [3.05, 3.63) is 21.4 Å². The van der Waals surface area contributed by atoms with E-state index in [0.29, 0.717) is 26.0 Å². The van der Waals surface area contributed by atoms with Gasteiger partial charge in [-0.3, -0.25) is 9.59 Å². The van der Waals surface area contributed by atoms with Gasteiger partial charge >= 0.3 is 5.97 Å². The van der Waals surface area contributed by atoms with Crippen LogP contribution in [0.1, 0.15) is 53.9 Å². The van der Waals surface area contributed by atoms with Gasteiger partial charge in [0.2, 0.25) is 0 Å². The molecule has 0 spiro atoms. The van der Waals surface area contributed by atoms with Gasteiger partial charge in [-0.2, -0.15) is 0 Å². The maximum Gasteiger partial charge on any atom is 0.305 e. The molecule has 0 fully saturated rings. The van der Waals surface area contributed by atoms with Crippen molar-refractivity contribution in [3.8, 4) is 0 Å². The van der Waals surface area contributed by atoms with Crippen molar-refractivity contribution in [1.82, 2.24) is 5.32 Å². The molecule has 0 aliphatic heterocycles. The molecule has 1 N–H and O–H groups in total. The lowest BCUT2D eigenvalue weighted by Crippen LogP contribution is -2.26. The average Bonchev–Trinajstić information content (AvgIpc) is 2.86. The molecule has 0 saturated carbocycles. The van der Waals surface area contributed by atoms with Crippen molar-refractivity contribution in [2.45, 2.75) is 46.0 Å². The van der Waals surface area contributed by atoms with Gasteiger partial charge in [-0.15, -0.1) is 11.3 Å². The number of rotatable bonds is 6. The van der Waals surface area contributed by atoms with E-state index in [1.165, 1.54) is 10.4 Å². The van der Waals surface area contributed by atoms with Crippen molar-refractivity contribution in [1.29, 1.82) is 0 Å². The van der Waals surface area contributed by atoms with Gasteiger partial charge in [-0.05, 0) is 44.1 Å². The van der Waals surface area contributed by atoms with E-state index in [2.05, 4.69) is 12.2 Å². The fraction of sp³-hybridized carbons (Fsp3) is 0.625. The molecule has 4 nitrogen and oxygen atoms in total. The van der Waals surface area contributed by atoms with Crippen LogP contribution < -0.4 is 5.32 Å². The van der Waals surface area contributed by atoms with Gasteiger partial charge in [0.05, 0.1) is 12.2 Å². The fourth-order valence-corrected chi connectivity index (χ4v) is 3.88. The van der Waals surface area contributed by atoms with Gasteiger partial charge in [0, 0.05) is 23.2 Å². The Bertz CT molecular complexity index is 510. The van der Waals surface area contributed by atoms with Crippen LogP contribution in [0.15, 0.2) is 5.38 Å². The molecule has 1 aliphatic rings. The first-order valence-corrected chi connectivity index (χ1v) is 8.52. The average molecular weight is 309 g/mol. The van der Waals surface area contributed by atoms with Crippen LogP contribution in [0, 0.1) is 5.92 Å². The third-order valence-electron chi connectivity index (χ3n) is 3.79. The Kier molecular flexibility index (Phi) is 5.79. The van der Waals surface area contributed by atoms with Crippen LogP contribution in [0.5, 0.6) is 0 Å². The summed E-state index contributed by atoms with van der Waals surface area (Å²) in [5, 5.41) is 4.88. The van der Waals surface area contributed by atoms with E-state index in [1.807, 2.05) is 5.38 Å². The molecule has 1 aromatic rings. The van der Waals surface area contributed by atoms with Crippen molar-refractivity contribution in [2.24, 2.45) is 5.92 Å². The van der Waals surface area contributed by atoms with Crippen LogP contribution in [0.2, 0.25) is 0 Å². The summed E-state index contributed by atoms with van der Waals surface area (Å²) >= 11 is 1.70. The molecule has 0 radical (unpaired) electrons. The first-order valence-electron chi connectivity index (χ1n) is 7.64. The summed E-state index contributed by atoms with van der Waals surface area (Å²) in [5.74, 6) is 0.510. The van der Waals surface area contributed by atoms with E-state index in [1.54, 1.807) is 18.3 Å². The quantitative estimate of drug-likeness (QED) is 0.649. The lowest BCUT2D eigenvalue weighted by atomic mass is 9.88. The van der Waals surface area contributed by atoms with Crippen LogP contribution >= 0.6 is 11.3 Å². The maximum absolute atomic E-state index is 12.2. The minimum absolute atomic E-state index is 0.00841. The molecule has 116 valence electrons. The van der Waals surface area contributed by atoms with E-state index in [-0.39, 0.29) is 11.9 Å². The van der Waals surface area contributed by atoms with Crippen molar-refractivity contribution < 1.29 is 14.3 Å². The van der Waals surface area contributed by atoms with E-state index in [0.717, 1.165) is 30.7 Å². The lowest BCUT2D eigenvalue weighted by Gasteiger charge is -2.18. The molecule has 2 rings (SSSR count). The monoisotopic (exact) mass is 309 g/mol. The predicted octanol–water partition coefficient (Wildman–Crippen LogP) is 2.95. The lowest BCUT2D eigenvalue weighted by molar-refractivity contribution is -0.143. The summed E-state index contributed by atoms with van der Waals surface area (Å²) in [5.41, 5.74) is 2.07. The molecule has 1 heterocycles. The number of esters is 1. The maximum atomic E-state index is 12.2. The minimum atomic E-state index is -0.200. The van der Waals surface area contributed by atoms with Gasteiger partial charge in [0.1, 0.15) is 0 Å². The number of ether oxygens (including phenoxy) is 1. The summed E-state index contributed by atoms with van der Waals surface area (Å²) in [7, 11) is 0. The number of hydrogen-bond acceptors (Lipinski definition) is 4. The number of hydrogen-bond donors (Lipinski definition) is 1. The standard InChI is InChI=1S/C16H23NO3S/c1-3-20-15(18)5-4-8-17-16(19)13-10-21-14-9-11(2)6-7-12(13)14/h10-11H,3-9H2,1-2H3,(H,17,19). The Balaban J connectivity index is 1.80. The van der Waals surface area contributed by atoms with Crippen LogP contribution in [-0.2, 0) is 22.4 Å². The summed E-state index contributed by atoms with van der Waals surface area (Å²) < 4.78 is 4.86. The van der Waals surface area contributed by atoms with Gasteiger partial charge in [0.15, 0.2) is 0 Å². The largest absolute Gasteiger partial charge is 0.466 e. The van der Waals surface area contributed by atoms with Crippen LogP contribution in [-0.4, -0.2) is 25.0 Å². The summed E-state index contributed by atoms with van der Waals surface area (Å²) in [6.07, 6.45) is 4.23. The predicted molar refractivity (Wildman–Crippen MR) is 83.7 cm³/mol. The van der Waals surface area contributed by atoms with Gasteiger partial charge in [0.25, 0.3) is 5.91 Å². The Morgan fingerprint density at radius 2 is 2.29 bits per heavy atom. The van der Waals surface area contributed by atoms with Crippen molar-refractivity contribution >= 4 is 23.2 Å². The Morgan fingerprint density at radius 1 is 1.48 bits per heavy atom. The SMILES string of the molecule is CCOC(=O)CCCNC(=O)c1csc2c1CCC(C)C2. The Labute approximate surface area is 129 Å². The molecule has 0 saturated heterocycles. The smallest absolute Gasteiger partial charge is 0.305 e. The Morgan fingerprint density at radius 3 is 3.05 bits per heavy atom. The molecule has 1 unspecified atom stereocenters. The molecule has 5 heteroatoms.